The largest absolute Gasteiger partial charge is 0.256 e. The normalized spacial score (nSPS) is 11.6. The summed E-state index contributed by atoms with van der Waals surface area (Å²) in [6.45, 7) is 0. The molecule has 0 aliphatic carbocycles. The zero-order chi connectivity index (χ0) is 58.1. The molecule has 20 aromatic rings. The van der Waals surface area contributed by atoms with E-state index in [0.29, 0.717) is 0 Å². The second-order valence-corrected chi connectivity index (χ2v) is 21.4. The van der Waals surface area contributed by atoms with Crippen molar-refractivity contribution in [3.8, 4) is 0 Å². The fourth-order valence-electron chi connectivity index (χ4n) is 13.0. The van der Waals surface area contributed by atoms with Crippen LogP contribution in [0.4, 0.5) is 0 Å². The number of pyridine rings is 2. The third-order valence-corrected chi connectivity index (χ3v) is 16.7. The van der Waals surface area contributed by atoms with Gasteiger partial charge in [-0.2, -0.15) is 0 Å². The molecule has 0 atom stereocenters. The summed E-state index contributed by atoms with van der Waals surface area (Å²) >= 11 is 0. The van der Waals surface area contributed by atoms with Gasteiger partial charge in [0, 0.05) is 123 Å². The Morgan fingerprint density at radius 3 is 0.830 bits per heavy atom. The van der Waals surface area contributed by atoms with Crippen molar-refractivity contribution in [2.24, 2.45) is 0 Å². The Kier molecular flexibility index (Phi) is 11.9. The third kappa shape index (κ3) is 8.08. The van der Waals surface area contributed by atoms with Crippen molar-refractivity contribution in [1.82, 2.24) is 59.8 Å². The van der Waals surface area contributed by atoms with Gasteiger partial charge in [0.1, 0.15) is 16.6 Å². The Morgan fingerprint density at radius 1 is 0.125 bits per heavy atom. The van der Waals surface area contributed by atoms with Gasteiger partial charge >= 0.3 is 0 Å². The van der Waals surface area contributed by atoms with Crippen molar-refractivity contribution in [3.63, 3.8) is 0 Å². The van der Waals surface area contributed by atoms with Gasteiger partial charge in [-0.3, -0.25) is 59.8 Å². The van der Waals surface area contributed by atoms with Crippen LogP contribution in [0.15, 0.2) is 268 Å². The minimum Gasteiger partial charge on any atom is -0.256 e. The van der Waals surface area contributed by atoms with Crippen LogP contribution in [0.2, 0.25) is 0 Å². The number of aromatic nitrogens is 12. The van der Waals surface area contributed by atoms with E-state index < -0.39 is 0 Å². The van der Waals surface area contributed by atoms with E-state index in [-0.39, 0.29) is 0 Å². The lowest BCUT2D eigenvalue weighted by molar-refractivity contribution is 1.27. The summed E-state index contributed by atoms with van der Waals surface area (Å²) in [6.07, 6.45) is 21.0. The number of benzene rings is 13. The van der Waals surface area contributed by atoms with Crippen molar-refractivity contribution in [2.75, 3.05) is 0 Å². The summed E-state index contributed by atoms with van der Waals surface area (Å²) < 4.78 is 0. The zero-order valence-electron chi connectivity index (χ0n) is 46.8. The number of hydrogen-bond donors (Lipinski definition) is 0. The van der Waals surface area contributed by atoms with Gasteiger partial charge in [-0.25, -0.2) is 0 Å². The van der Waals surface area contributed by atoms with Crippen molar-refractivity contribution in [3.05, 3.63) is 268 Å². The second kappa shape index (κ2) is 20.8. The van der Waals surface area contributed by atoms with Crippen LogP contribution in [0.25, 0.3) is 174 Å². The molecule has 12 nitrogen and oxygen atoms in total. The lowest BCUT2D eigenvalue weighted by Crippen LogP contribution is -1.92. The molecule has 0 N–H and O–H groups in total. The predicted octanol–water partition coefficient (Wildman–Crippen LogP) is 17.9. The lowest BCUT2D eigenvalue weighted by Gasteiger charge is -2.11. The molecular formula is C76H44N12. The molecule has 88 heavy (non-hydrogen) atoms. The van der Waals surface area contributed by atoms with Gasteiger partial charge in [-0.1, -0.05) is 176 Å². The molecule has 0 saturated heterocycles. The van der Waals surface area contributed by atoms with Gasteiger partial charge in [0.15, 0.2) is 0 Å². The molecule has 0 aliphatic heterocycles. The molecule has 0 unspecified atom stereocenters. The van der Waals surface area contributed by atoms with E-state index in [9.17, 15) is 0 Å². The molecule has 20 rings (SSSR count). The predicted molar refractivity (Wildman–Crippen MR) is 359 cm³/mol. The Labute approximate surface area is 499 Å². The van der Waals surface area contributed by atoms with Crippen LogP contribution in [0, 0.1) is 0 Å². The molecule has 0 fully saturated rings. The Hall–Kier alpha value is -12.3. The van der Waals surface area contributed by atoms with Crippen LogP contribution in [0.3, 0.4) is 0 Å². The topological polar surface area (TPSA) is 155 Å². The highest BCUT2D eigenvalue weighted by molar-refractivity contribution is 6.32. The van der Waals surface area contributed by atoms with Crippen LogP contribution in [0.1, 0.15) is 0 Å². The zero-order valence-corrected chi connectivity index (χ0v) is 46.8. The molecule has 13 aromatic carbocycles. The highest BCUT2D eigenvalue weighted by atomic mass is 14.8. The van der Waals surface area contributed by atoms with E-state index in [1.165, 1.54) is 59.2 Å². The van der Waals surface area contributed by atoms with Crippen LogP contribution < -0.4 is 0 Å². The molecule has 0 bridgehead atoms. The van der Waals surface area contributed by atoms with Gasteiger partial charge < -0.3 is 0 Å². The maximum absolute atomic E-state index is 4.65. The summed E-state index contributed by atoms with van der Waals surface area (Å²) in [5, 5.41) is 23.4. The van der Waals surface area contributed by atoms with Gasteiger partial charge in [-0.15, -0.1) is 0 Å². The molecule has 0 spiro atoms. The Morgan fingerprint density at radius 2 is 0.364 bits per heavy atom. The van der Waals surface area contributed by atoms with Gasteiger partial charge in [0.05, 0.1) is 49.7 Å². The van der Waals surface area contributed by atoms with Gasteiger partial charge in [0.25, 0.3) is 0 Å². The van der Waals surface area contributed by atoms with Crippen molar-refractivity contribution < 1.29 is 0 Å². The number of hydrogen-bond acceptors (Lipinski definition) is 12. The van der Waals surface area contributed by atoms with Crippen LogP contribution >= 0.6 is 0 Å². The quantitative estimate of drug-likeness (QED) is 0.133. The first-order valence-electron chi connectivity index (χ1n) is 28.9. The fourth-order valence-corrected chi connectivity index (χ4v) is 13.0. The molecule has 0 aliphatic rings. The first kappa shape index (κ1) is 50.3. The average Bonchev–Trinajstić information content (AvgIpc) is 0.905. The van der Waals surface area contributed by atoms with Gasteiger partial charge in [0.2, 0.25) is 0 Å². The molecular weight excluding hydrogens is 1080 g/mol. The van der Waals surface area contributed by atoms with Crippen molar-refractivity contribution in [2.45, 2.75) is 0 Å². The monoisotopic (exact) mass is 1120 g/mol. The molecule has 7 aromatic heterocycles. The minimum atomic E-state index is 0.799. The number of fused-ring (bicyclic) bond motifs is 32. The fraction of sp³-hybridized carbons (Fsp3) is 0. The summed E-state index contributed by atoms with van der Waals surface area (Å²) in [5.41, 5.74) is 10.8. The van der Waals surface area contributed by atoms with E-state index in [2.05, 4.69) is 230 Å². The third-order valence-electron chi connectivity index (χ3n) is 16.7. The summed E-state index contributed by atoms with van der Waals surface area (Å²) in [5.74, 6) is 0. The molecule has 12 heteroatoms. The van der Waals surface area contributed by atoms with E-state index >= 15 is 0 Å². The highest BCUT2D eigenvalue weighted by Crippen LogP contribution is 2.40. The molecule has 408 valence electrons. The molecule has 0 radical (unpaired) electrons. The van der Waals surface area contributed by atoms with E-state index in [1.807, 2.05) is 36.7 Å². The Balaban J connectivity index is 0.0000000910. The lowest BCUT2D eigenvalue weighted by atomic mass is 9.95. The van der Waals surface area contributed by atoms with Crippen LogP contribution in [0.5, 0.6) is 0 Å². The summed E-state index contributed by atoms with van der Waals surface area (Å²) in [6, 6.07) is 67.3. The Bertz CT molecular complexity index is 5300. The van der Waals surface area contributed by atoms with Crippen molar-refractivity contribution >= 4 is 174 Å². The molecule has 0 saturated carbocycles. The first-order valence-corrected chi connectivity index (χ1v) is 28.9. The first-order chi connectivity index (χ1) is 43.7. The maximum Gasteiger partial charge on any atom is 0.117 e. The molecule has 0 amide bonds. The average molecular weight is 1130 g/mol. The van der Waals surface area contributed by atoms with Crippen molar-refractivity contribution in [1.29, 1.82) is 0 Å². The standard InChI is InChI=1S/C20H12N2.2C19H11N3.C18H10N4/c1-2-6-14-13(5-1)9-10-16-15-7-3-4-8-17(15)19-20(18(14)16)22-12-11-21-19;1-2-5-13-12(4-1)7-8-14-16(13)19-18(21-10-11-22-19)15-6-3-9-20-17(14)15;1-2-5-13-12(4-1)7-8-14-15-6-3-9-20-17(15)19-18(16(13)14)21-10-11-22-19;1-2-4-12-11(3-1)5-6-13-14(12)16-18(22-10-8-20-16)17-15(13)19-7-9-21-17/h1-12H;2*1-11H;1-10H. The smallest absolute Gasteiger partial charge is 0.117 e. The maximum atomic E-state index is 4.65. The van der Waals surface area contributed by atoms with Crippen LogP contribution in [-0.2, 0) is 0 Å². The summed E-state index contributed by atoms with van der Waals surface area (Å²) in [4.78, 5) is 54.8. The minimum absolute atomic E-state index is 0.799. The van der Waals surface area contributed by atoms with E-state index in [1.54, 1.807) is 62.0 Å². The number of rotatable bonds is 0. The van der Waals surface area contributed by atoms with Gasteiger partial charge in [-0.05, 0) is 77.4 Å². The SMILES string of the molecule is c1ccc2c(c1)ccc1c3ccccc3c3nccnc3c21.c1ccc2c(c1)ccc1c3cccnc3c3nccnc3c21.c1ccc2c(c1)ccc1c3ncccc3c3nccnc3c21.c1ccc2c(c1)ccc1c3nccnc3c3nccnc3c21. The highest BCUT2D eigenvalue weighted by Gasteiger charge is 2.18. The molecule has 7 heterocycles. The van der Waals surface area contributed by atoms with E-state index in [4.69, 9.17) is 0 Å². The number of nitrogens with zero attached hydrogens (tertiary/aromatic N) is 12. The van der Waals surface area contributed by atoms with E-state index in [0.717, 1.165) is 115 Å². The summed E-state index contributed by atoms with van der Waals surface area (Å²) in [7, 11) is 0. The van der Waals surface area contributed by atoms with Crippen LogP contribution in [-0.4, -0.2) is 59.8 Å². The second-order valence-electron chi connectivity index (χ2n) is 21.4.